The number of carbonyl (C=O) groups is 2. The minimum absolute atomic E-state index is 0.00197. The molecule has 9 heteroatoms. The zero-order valence-corrected chi connectivity index (χ0v) is 17.3. The van der Waals surface area contributed by atoms with Gasteiger partial charge in [-0.2, -0.15) is 0 Å². The molecular weight excluding hydrogens is 382 g/mol. The molecule has 1 fully saturated rings. The normalized spacial score (nSPS) is 20.0. The number of fused-ring (bicyclic) bond motifs is 1. The van der Waals surface area contributed by atoms with Crippen molar-refractivity contribution >= 4 is 27.7 Å². The van der Waals surface area contributed by atoms with Crippen molar-refractivity contribution in [3.8, 4) is 0 Å². The van der Waals surface area contributed by atoms with E-state index in [9.17, 15) is 18.0 Å². The van der Waals surface area contributed by atoms with Gasteiger partial charge in [0.15, 0.2) is 0 Å². The van der Waals surface area contributed by atoms with Crippen molar-refractivity contribution in [3.63, 3.8) is 0 Å². The van der Waals surface area contributed by atoms with Crippen LogP contribution in [0.2, 0.25) is 0 Å². The van der Waals surface area contributed by atoms with Gasteiger partial charge in [0.1, 0.15) is 0 Å². The molecule has 2 amide bonds. The summed E-state index contributed by atoms with van der Waals surface area (Å²) in [5, 5.41) is 3.02. The molecule has 2 aliphatic rings. The van der Waals surface area contributed by atoms with Crippen molar-refractivity contribution in [2.24, 2.45) is 0 Å². The SMILES string of the molecule is CCOC(=O)N1CCC(NC(=O)c2ccc3c(c2)CC(C)N3S(C)(=O)=O)CC1. The molecule has 3 rings (SSSR count). The van der Waals surface area contributed by atoms with E-state index in [0.717, 1.165) is 5.56 Å². The quantitative estimate of drug-likeness (QED) is 0.817. The number of hydrogen-bond donors (Lipinski definition) is 1. The number of carbonyl (C=O) groups excluding carboxylic acids is 2. The van der Waals surface area contributed by atoms with Crippen LogP contribution in [0.5, 0.6) is 0 Å². The summed E-state index contributed by atoms with van der Waals surface area (Å²) in [6.45, 7) is 5.09. The molecule has 0 bridgehead atoms. The topological polar surface area (TPSA) is 96.0 Å². The minimum Gasteiger partial charge on any atom is -0.450 e. The molecule has 0 aliphatic carbocycles. The van der Waals surface area contributed by atoms with Gasteiger partial charge in [-0.15, -0.1) is 0 Å². The van der Waals surface area contributed by atoms with E-state index in [0.29, 0.717) is 50.2 Å². The Labute approximate surface area is 165 Å². The first-order chi connectivity index (χ1) is 13.2. The van der Waals surface area contributed by atoms with E-state index in [1.807, 2.05) is 6.92 Å². The summed E-state index contributed by atoms with van der Waals surface area (Å²) in [5.41, 5.74) is 2.03. The zero-order chi connectivity index (χ0) is 20.5. The number of rotatable bonds is 4. The third kappa shape index (κ3) is 4.24. The summed E-state index contributed by atoms with van der Waals surface area (Å²) in [5.74, 6) is -0.178. The molecule has 1 N–H and O–H groups in total. The van der Waals surface area contributed by atoms with Gasteiger partial charge in [-0.05, 0) is 56.9 Å². The third-order valence-corrected chi connectivity index (χ3v) is 6.48. The maximum atomic E-state index is 12.6. The van der Waals surface area contributed by atoms with E-state index in [-0.39, 0.29) is 24.1 Å². The second-order valence-electron chi connectivity index (χ2n) is 7.39. The first-order valence-corrected chi connectivity index (χ1v) is 11.4. The summed E-state index contributed by atoms with van der Waals surface area (Å²) >= 11 is 0. The monoisotopic (exact) mass is 409 g/mol. The molecule has 1 aromatic rings. The fraction of sp³-hybridized carbons (Fsp3) is 0.579. The second kappa shape index (κ2) is 7.98. The van der Waals surface area contributed by atoms with Crippen LogP contribution in [0.1, 0.15) is 42.6 Å². The molecule has 154 valence electrons. The number of sulfonamides is 1. The average molecular weight is 410 g/mol. The molecule has 1 saturated heterocycles. The Morgan fingerprint density at radius 3 is 2.54 bits per heavy atom. The van der Waals surface area contributed by atoms with Crippen LogP contribution >= 0.6 is 0 Å². The number of likely N-dealkylation sites (tertiary alicyclic amines) is 1. The molecule has 1 aromatic carbocycles. The molecule has 0 saturated carbocycles. The van der Waals surface area contributed by atoms with Crippen molar-refractivity contribution in [1.29, 1.82) is 0 Å². The van der Waals surface area contributed by atoms with Crippen LogP contribution in [0.4, 0.5) is 10.5 Å². The Morgan fingerprint density at radius 2 is 1.93 bits per heavy atom. The zero-order valence-electron chi connectivity index (χ0n) is 16.5. The number of piperidine rings is 1. The molecule has 2 heterocycles. The number of benzene rings is 1. The second-order valence-corrected chi connectivity index (χ2v) is 9.25. The standard InChI is InChI=1S/C19H27N3O5S/c1-4-27-19(24)21-9-7-16(8-10-21)20-18(23)14-5-6-17-15(12-14)11-13(2)22(17)28(3,25)26/h5-6,12-13,16H,4,7-11H2,1-3H3,(H,20,23). The average Bonchev–Trinajstić information content (AvgIpc) is 2.97. The first-order valence-electron chi connectivity index (χ1n) is 9.55. The largest absolute Gasteiger partial charge is 0.450 e. The molecule has 1 atom stereocenters. The summed E-state index contributed by atoms with van der Waals surface area (Å²) in [6.07, 6.45) is 2.82. The number of anilines is 1. The number of hydrogen-bond acceptors (Lipinski definition) is 5. The van der Waals surface area contributed by atoms with Crippen LogP contribution < -0.4 is 9.62 Å². The molecule has 8 nitrogen and oxygen atoms in total. The van der Waals surface area contributed by atoms with Crippen LogP contribution in [0.15, 0.2) is 18.2 Å². The van der Waals surface area contributed by atoms with Crippen LogP contribution in [-0.2, 0) is 21.2 Å². The lowest BCUT2D eigenvalue weighted by molar-refractivity contribution is 0.0860. The van der Waals surface area contributed by atoms with Gasteiger partial charge in [0.25, 0.3) is 5.91 Å². The van der Waals surface area contributed by atoms with Gasteiger partial charge in [-0.3, -0.25) is 9.10 Å². The highest BCUT2D eigenvalue weighted by Crippen LogP contribution is 2.34. The molecular formula is C19H27N3O5S. The van der Waals surface area contributed by atoms with Gasteiger partial charge in [-0.25, -0.2) is 13.2 Å². The maximum Gasteiger partial charge on any atom is 0.409 e. The summed E-state index contributed by atoms with van der Waals surface area (Å²) < 4.78 is 30.4. The van der Waals surface area contributed by atoms with E-state index >= 15 is 0 Å². The van der Waals surface area contributed by atoms with Crippen LogP contribution in [0.3, 0.4) is 0 Å². The van der Waals surface area contributed by atoms with E-state index in [4.69, 9.17) is 4.74 Å². The van der Waals surface area contributed by atoms with Crippen molar-refractivity contribution in [1.82, 2.24) is 10.2 Å². The van der Waals surface area contributed by atoms with E-state index in [1.54, 1.807) is 30.0 Å². The van der Waals surface area contributed by atoms with Gasteiger partial charge in [0.05, 0.1) is 18.6 Å². The van der Waals surface area contributed by atoms with Gasteiger partial charge in [-0.1, -0.05) is 0 Å². The Bertz CT molecular complexity index is 862. The smallest absolute Gasteiger partial charge is 0.409 e. The lowest BCUT2D eigenvalue weighted by Gasteiger charge is -2.31. The lowest BCUT2D eigenvalue weighted by Crippen LogP contribution is -2.46. The third-order valence-electron chi connectivity index (χ3n) is 5.21. The molecule has 0 spiro atoms. The van der Waals surface area contributed by atoms with E-state index in [2.05, 4.69) is 5.32 Å². The Hall–Kier alpha value is -2.29. The molecule has 28 heavy (non-hydrogen) atoms. The van der Waals surface area contributed by atoms with Crippen LogP contribution in [0, 0.1) is 0 Å². The number of amides is 2. The highest BCUT2D eigenvalue weighted by atomic mass is 32.2. The van der Waals surface area contributed by atoms with Crippen molar-refractivity contribution < 1.29 is 22.7 Å². The van der Waals surface area contributed by atoms with Crippen LogP contribution in [0.25, 0.3) is 0 Å². The van der Waals surface area contributed by atoms with Gasteiger partial charge >= 0.3 is 6.09 Å². The number of nitrogens with zero attached hydrogens (tertiary/aromatic N) is 2. The first kappa shape index (κ1) is 20.4. The Balaban J connectivity index is 1.63. The van der Waals surface area contributed by atoms with Gasteiger partial charge in [0, 0.05) is 30.7 Å². The van der Waals surface area contributed by atoms with Gasteiger partial charge in [0.2, 0.25) is 10.0 Å². The Kier molecular flexibility index (Phi) is 5.83. The maximum absolute atomic E-state index is 12.6. The van der Waals surface area contributed by atoms with E-state index < -0.39 is 10.0 Å². The summed E-state index contributed by atoms with van der Waals surface area (Å²) in [4.78, 5) is 26.0. The fourth-order valence-corrected chi connectivity index (χ4v) is 5.20. The predicted octanol–water partition coefficient (Wildman–Crippen LogP) is 1.75. The molecule has 0 radical (unpaired) electrons. The van der Waals surface area contributed by atoms with Crippen molar-refractivity contribution in [2.45, 2.75) is 45.2 Å². The highest BCUT2D eigenvalue weighted by molar-refractivity contribution is 7.92. The molecule has 1 unspecified atom stereocenters. The number of nitrogens with one attached hydrogen (secondary N) is 1. The van der Waals surface area contributed by atoms with Crippen LogP contribution in [-0.4, -0.2) is 63.4 Å². The number of ether oxygens (including phenoxy) is 1. The van der Waals surface area contributed by atoms with Crippen molar-refractivity contribution in [2.75, 3.05) is 30.3 Å². The Morgan fingerprint density at radius 1 is 1.25 bits per heavy atom. The summed E-state index contributed by atoms with van der Waals surface area (Å²) in [7, 11) is -3.35. The van der Waals surface area contributed by atoms with E-state index in [1.165, 1.54) is 10.6 Å². The fourth-order valence-electron chi connectivity index (χ4n) is 3.94. The summed E-state index contributed by atoms with van der Waals surface area (Å²) in [6, 6.07) is 4.99. The minimum atomic E-state index is -3.35. The lowest BCUT2D eigenvalue weighted by atomic mass is 10.0. The van der Waals surface area contributed by atoms with Crippen molar-refractivity contribution in [3.05, 3.63) is 29.3 Å². The molecule has 2 aliphatic heterocycles. The molecule has 0 aromatic heterocycles. The predicted molar refractivity (Wildman–Crippen MR) is 106 cm³/mol. The highest BCUT2D eigenvalue weighted by Gasteiger charge is 2.33. The van der Waals surface area contributed by atoms with Gasteiger partial charge < -0.3 is 15.0 Å².